The Balaban J connectivity index is 1.38. The van der Waals surface area contributed by atoms with E-state index in [2.05, 4.69) is 5.32 Å². The Bertz CT molecular complexity index is 1900. The summed E-state index contributed by atoms with van der Waals surface area (Å²) in [5.74, 6) is -4.39. The molecular weight excluding hydrogens is 698 g/mol. The van der Waals surface area contributed by atoms with Gasteiger partial charge in [0.05, 0.1) is 48.0 Å². The fourth-order valence-electron chi connectivity index (χ4n) is 8.36. The van der Waals surface area contributed by atoms with Gasteiger partial charge in [0.2, 0.25) is 11.8 Å². The van der Waals surface area contributed by atoms with Crippen LogP contribution in [0, 0.1) is 18.8 Å². The highest BCUT2D eigenvalue weighted by molar-refractivity contribution is 6.34. The van der Waals surface area contributed by atoms with Crippen molar-refractivity contribution in [3.8, 4) is 0 Å². The Kier molecular flexibility index (Phi) is 10.5. The maximum Gasteiger partial charge on any atom is 0.313 e. The van der Waals surface area contributed by atoms with Crippen LogP contribution in [-0.4, -0.2) is 84.4 Å². The monoisotopic (exact) mass is 739 g/mol. The number of ether oxygens (including phenoxy) is 3. The van der Waals surface area contributed by atoms with Gasteiger partial charge in [0.15, 0.2) is 0 Å². The third-order valence-electron chi connectivity index (χ3n) is 10.6. The van der Waals surface area contributed by atoms with Crippen LogP contribution < -0.4 is 10.2 Å². The van der Waals surface area contributed by atoms with Gasteiger partial charge in [-0.15, -0.1) is 0 Å². The van der Waals surface area contributed by atoms with E-state index in [0.29, 0.717) is 28.3 Å². The predicted molar refractivity (Wildman–Crippen MR) is 197 cm³/mol. The zero-order valence-corrected chi connectivity index (χ0v) is 30.2. The molecule has 0 unspecified atom stereocenters. The number of hydrogen-bond donors (Lipinski definition) is 2. The summed E-state index contributed by atoms with van der Waals surface area (Å²) >= 11 is 6.73. The van der Waals surface area contributed by atoms with Gasteiger partial charge in [-0.1, -0.05) is 109 Å². The molecule has 2 fully saturated rings. The largest absolute Gasteiger partial charge is 0.455 e. The van der Waals surface area contributed by atoms with Gasteiger partial charge in [0.1, 0.15) is 23.7 Å². The smallest absolute Gasteiger partial charge is 0.313 e. The minimum atomic E-state index is -1.64. The van der Waals surface area contributed by atoms with Gasteiger partial charge in [0.25, 0.3) is 5.91 Å². The van der Waals surface area contributed by atoms with Gasteiger partial charge in [-0.25, -0.2) is 0 Å². The number of carbonyl (C=O) groups is 4. The van der Waals surface area contributed by atoms with Crippen molar-refractivity contribution < 1.29 is 38.5 Å². The number of hydrogen-bond acceptors (Lipinski definition) is 8. The molecule has 0 bridgehead atoms. The maximum absolute atomic E-state index is 15.2. The highest BCUT2D eigenvalue weighted by Gasteiger charge is 2.73. The summed E-state index contributed by atoms with van der Waals surface area (Å²) in [7, 11) is 1.50. The second-order valence-electron chi connectivity index (χ2n) is 13.8. The van der Waals surface area contributed by atoms with E-state index in [1.807, 2.05) is 25.1 Å². The van der Waals surface area contributed by atoms with Crippen molar-refractivity contribution in [3.05, 3.63) is 125 Å². The molecule has 1 spiro atoms. The van der Waals surface area contributed by atoms with Crippen LogP contribution in [0.1, 0.15) is 41.7 Å². The van der Waals surface area contributed by atoms with Gasteiger partial charge in [-0.3, -0.25) is 19.2 Å². The zero-order chi connectivity index (χ0) is 37.3. The highest BCUT2D eigenvalue weighted by Crippen LogP contribution is 2.55. The van der Waals surface area contributed by atoms with E-state index < -0.39 is 72.2 Å². The molecule has 0 aliphatic carbocycles. The van der Waals surface area contributed by atoms with Crippen molar-refractivity contribution in [1.29, 1.82) is 0 Å². The second kappa shape index (κ2) is 15.3. The van der Waals surface area contributed by atoms with Crippen molar-refractivity contribution >= 4 is 41.0 Å². The minimum Gasteiger partial charge on any atom is -0.455 e. The third kappa shape index (κ3) is 6.56. The first kappa shape index (κ1) is 36.5. The van der Waals surface area contributed by atoms with Crippen LogP contribution in [0.25, 0.3) is 0 Å². The molecule has 3 aromatic rings. The lowest BCUT2D eigenvalue weighted by atomic mass is 9.77. The first-order valence-corrected chi connectivity index (χ1v) is 18.2. The van der Waals surface area contributed by atoms with Crippen LogP contribution in [0.3, 0.4) is 0 Å². The number of esters is 1. The van der Waals surface area contributed by atoms with Crippen LogP contribution >= 0.6 is 11.6 Å². The number of anilines is 1. The van der Waals surface area contributed by atoms with E-state index in [1.165, 1.54) is 16.9 Å². The highest BCUT2D eigenvalue weighted by atomic mass is 35.5. The number of fused-ring (bicyclic) bond motifs is 2. The summed E-state index contributed by atoms with van der Waals surface area (Å²) in [6.45, 7) is 1.52. The summed E-state index contributed by atoms with van der Waals surface area (Å²) < 4.78 is 18.7. The Morgan fingerprint density at radius 1 is 0.981 bits per heavy atom. The van der Waals surface area contributed by atoms with Crippen LogP contribution in [0.15, 0.2) is 103 Å². The molecule has 7 rings (SSSR count). The number of benzene rings is 3. The number of aryl methyl sites for hydroxylation is 1. The number of carbonyl (C=O) groups excluding carboxylic acids is 4. The van der Waals surface area contributed by atoms with Gasteiger partial charge in [0, 0.05) is 20.1 Å². The molecule has 0 aromatic heterocycles. The Morgan fingerprint density at radius 3 is 2.42 bits per heavy atom. The minimum absolute atomic E-state index is 0.0466. The van der Waals surface area contributed by atoms with Crippen molar-refractivity contribution in [2.75, 3.05) is 31.8 Å². The standard InChI is InChI=1S/C41H42ClN3O8/c1-25-13-11-18-28(42)35(25)44-22-12-21-41-34(38(48)45(37(41)39(44)49)30(23-46)26-14-5-3-6-15-26)33-31(53-41)19-9-10-20-32(47)43-29(24-51-2)36(52-40(33)50)27-16-7-4-8-17-27/h3-9,11-19,21,29-31,33-34,36-37,46H,10,20,22-24H2,1-2H3,(H,43,47)/b19-9-/t29-,30-,31-,33+,34+,36-,37-,41+/m1/s1. The fraction of sp³-hybridized carbons (Fsp3) is 0.366. The number of amides is 3. The Hall–Kier alpha value is -4.81. The molecule has 12 heteroatoms. The van der Waals surface area contributed by atoms with Crippen molar-refractivity contribution in [3.63, 3.8) is 0 Å². The van der Waals surface area contributed by atoms with E-state index in [1.54, 1.807) is 85.0 Å². The van der Waals surface area contributed by atoms with Gasteiger partial charge in [-0.2, -0.15) is 0 Å². The first-order chi connectivity index (χ1) is 25.7. The molecule has 11 nitrogen and oxygen atoms in total. The van der Waals surface area contributed by atoms with Gasteiger partial charge < -0.3 is 34.4 Å². The molecule has 8 atom stereocenters. The average Bonchev–Trinajstić information content (AvgIpc) is 3.54. The molecule has 0 radical (unpaired) electrons. The average molecular weight is 740 g/mol. The van der Waals surface area contributed by atoms with Crippen molar-refractivity contribution in [1.82, 2.24) is 10.2 Å². The van der Waals surface area contributed by atoms with E-state index in [-0.39, 0.29) is 25.5 Å². The third-order valence-corrected chi connectivity index (χ3v) is 11.0. The van der Waals surface area contributed by atoms with Gasteiger partial charge in [-0.05, 0) is 36.1 Å². The normalized spacial score (nSPS) is 29.9. The van der Waals surface area contributed by atoms with Crippen LogP contribution in [-0.2, 0) is 33.4 Å². The molecule has 4 aliphatic heterocycles. The van der Waals surface area contributed by atoms with E-state index in [9.17, 15) is 14.7 Å². The lowest BCUT2D eigenvalue weighted by Gasteiger charge is -2.39. The van der Waals surface area contributed by atoms with E-state index >= 15 is 9.59 Å². The maximum atomic E-state index is 15.2. The Labute approximate surface area is 313 Å². The lowest BCUT2D eigenvalue weighted by molar-refractivity contribution is -0.162. The lowest BCUT2D eigenvalue weighted by Crippen LogP contribution is -2.56. The number of likely N-dealkylation sites (tertiary alicyclic amines) is 1. The SMILES string of the molecule is COC[C@H]1NC(=O)CC/C=C\[C@H]2O[C@]34C=CCN(c5c(C)cccc5Cl)C(=O)[C@H]3N([C@H](CO)c3ccccc3)C(=O)[C@@H]4[C@H]2C(=O)O[C@@H]1c1ccccc1. The molecule has 53 heavy (non-hydrogen) atoms. The van der Waals surface area contributed by atoms with E-state index in [4.69, 9.17) is 25.8 Å². The molecule has 276 valence electrons. The van der Waals surface area contributed by atoms with Crippen molar-refractivity contribution in [2.24, 2.45) is 11.8 Å². The summed E-state index contributed by atoms with van der Waals surface area (Å²) in [6.07, 6.45) is 5.45. The molecular formula is C41H42ClN3O8. The van der Waals surface area contributed by atoms with E-state index in [0.717, 1.165) is 5.56 Å². The molecule has 2 saturated heterocycles. The molecule has 3 aromatic carbocycles. The van der Waals surface area contributed by atoms with Crippen LogP contribution in [0.5, 0.6) is 0 Å². The van der Waals surface area contributed by atoms with Gasteiger partial charge >= 0.3 is 5.97 Å². The Morgan fingerprint density at radius 2 is 1.72 bits per heavy atom. The first-order valence-electron chi connectivity index (χ1n) is 17.8. The number of aliphatic hydroxyl groups is 1. The number of rotatable bonds is 7. The summed E-state index contributed by atoms with van der Waals surface area (Å²) in [6, 6.07) is 20.4. The molecule has 2 N–H and O–H groups in total. The topological polar surface area (TPSA) is 135 Å². The fourth-order valence-corrected chi connectivity index (χ4v) is 8.68. The number of cyclic esters (lactones) is 1. The number of methoxy groups -OCH3 is 1. The molecule has 3 amide bonds. The summed E-state index contributed by atoms with van der Waals surface area (Å²) in [5, 5.41) is 14.3. The summed E-state index contributed by atoms with van der Waals surface area (Å²) in [5.41, 5.74) is 0.845. The number of halogens is 1. The molecule has 4 aliphatic rings. The zero-order valence-electron chi connectivity index (χ0n) is 29.5. The second-order valence-corrected chi connectivity index (χ2v) is 14.2. The molecule has 0 saturated carbocycles. The van der Waals surface area contributed by atoms with Crippen LogP contribution in [0.4, 0.5) is 5.69 Å². The number of nitrogens with zero attached hydrogens (tertiary/aromatic N) is 2. The predicted octanol–water partition coefficient (Wildman–Crippen LogP) is 4.63. The van der Waals surface area contributed by atoms with Crippen molar-refractivity contribution in [2.45, 2.75) is 55.7 Å². The number of nitrogens with one attached hydrogen (secondary N) is 1. The summed E-state index contributed by atoms with van der Waals surface area (Å²) in [4.78, 5) is 61.2. The quantitative estimate of drug-likeness (QED) is 0.265. The number of aliphatic hydroxyl groups excluding tert-OH is 1. The molecule has 4 heterocycles. The number of allylic oxidation sites excluding steroid dienone is 1. The van der Waals surface area contributed by atoms with Crippen LogP contribution in [0.2, 0.25) is 5.02 Å². The number of para-hydroxylation sites is 1.